The quantitative estimate of drug-likeness (QED) is 0.716. The van der Waals surface area contributed by atoms with Gasteiger partial charge in [0.15, 0.2) is 0 Å². The van der Waals surface area contributed by atoms with Crippen LogP contribution in [-0.4, -0.2) is 68.1 Å². The zero-order valence-electron chi connectivity index (χ0n) is 16.1. The molecule has 1 aliphatic rings. The Morgan fingerprint density at radius 1 is 1.32 bits per heavy atom. The third-order valence-corrected chi connectivity index (χ3v) is 5.21. The Morgan fingerprint density at radius 3 is 3.00 bits per heavy atom. The molecule has 0 saturated carbocycles. The maximum absolute atomic E-state index is 12.9. The number of aryl methyl sites for hydroxylation is 1. The highest BCUT2D eigenvalue weighted by Crippen LogP contribution is 2.26. The van der Waals surface area contributed by atoms with E-state index in [1.807, 2.05) is 19.1 Å². The van der Waals surface area contributed by atoms with Crippen molar-refractivity contribution >= 4 is 22.8 Å². The highest BCUT2D eigenvalue weighted by molar-refractivity contribution is 5.97. The minimum Gasteiger partial charge on any atom is -0.386 e. The number of β-amino-alcohol motifs (C(OH)–C–C–N with tert-alkyl or cyclic N) is 1. The van der Waals surface area contributed by atoms with Gasteiger partial charge in [-0.25, -0.2) is 15.0 Å². The normalized spacial score (nSPS) is 19.8. The van der Waals surface area contributed by atoms with Gasteiger partial charge in [0, 0.05) is 37.5 Å². The van der Waals surface area contributed by atoms with E-state index < -0.39 is 5.60 Å². The van der Waals surface area contributed by atoms with E-state index in [0.29, 0.717) is 18.5 Å². The van der Waals surface area contributed by atoms with Crippen molar-refractivity contribution in [2.75, 3.05) is 31.6 Å². The van der Waals surface area contributed by atoms with Crippen LogP contribution >= 0.6 is 0 Å². The van der Waals surface area contributed by atoms with Crippen molar-refractivity contribution in [2.45, 2.75) is 25.4 Å². The first-order chi connectivity index (χ1) is 13.4. The number of hydrogen-bond acceptors (Lipinski definition) is 6. The summed E-state index contributed by atoms with van der Waals surface area (Å²) in [5, 5.41) is 11.2. The van der Waals surface area contributed by atoms with Crippen molar-refractivity contribution < 1.29 is 9.90 Å². The minimum atomic E-state index is -0.987. The molecule has 0 radical (unpaired) electrons. The topological polar surface area (TPSA) is 98.2 Å². The summed E-state index contributed by atoms with van der Waals surface area (Å²) in [4.78, 5) is 32.2. The van der Waals surface area contributed by atoms with Crippen molar-refractivity contribution in [2.24, 2.45) is 0 Å². The average Bonchev–Trinajstić information content (AvgIpc) is 3.15. The SMILES string of the molecule is Cc1cc(N2CCC[C@@](O)(CN(C)C(=O)c3ccc4nc[nH]c4c3)C2)ncn1. The molecule has 0 aliphatic carbocycles. The third kappa shape index (κ3) is 3.68. The smallest absolute Gasteiger partial charge is 0.253 e. The van der Waals surface area contributed by atoms with Gasteiger partial charge < -0.3 is 19.9 Å². The molecular weight excluding hydrogens is 356 g/mol. The van der Waals surface area contributed by atoms with Crippen LogP contribution in [0, 0.1) is 6.92 Å². The molecule has 1 aliphatic heterocycles. The van der Waals surface area contributed by atoms with Gasteiger partial charge in [-0.05, 0) is 38.0 Å². The van der Waals surface area contributed by atoms with Crippen molar-refractivity contribution in [3.63, 3.8) is 0 Å². The number of likely N-dealkylation sites (N-methyl/N-ethyl adjacent to an activating group) is 1. The Morgan fingerprint density at radius 2 is 2.18 bits per heavy atom. The van der Waals surface area contributed by atoms with Gasteiger partial charge in [0.2, 0.25) is 0 Å². The number of carbonyl (C=O) groups is 1. The highest BCUT2D eigenvalue weighted by Gasteiger charge is 2.36. The molecule has 3 aromatic rings. The maximum atomic E-state index is 12.9. The Bertz CT molecular complexity index is 1000. The first-order valence-corrected chi connectivity index (χ1v) is 9.38. The van der Waals surface area contributed by atoms with Gasteiger partial charge in [-0.2, -0.15) is 0 Å². The summed E-state index contributed by atoms with van der Waals surface area (Å²) < 4.78 is 0. The Hall–Kier alpha value is -3.00. The second-order valence-corrected chi connectivity index (χ2v) is 7.56. The number of imidazole rings is 1. The number of hydrogen-bond donors (Lipinski definition) is 2. The molecule has 1 aromatic carbocycles. The molecule has 0 spiro atoms. The number of aromatic nitrogens is 4. The van der Waals surface area contributed by atoms with E-state index in [-0.39, 0.29) is 12.5 Å². The predicted molar refractivity (Wildman–Crippen MR) is 106 cm³/mol. The van der Waals surface area contributed by atoms with Crippen LogP contribution in [0.5, 0.6) is 0 Å². The molecule has 1 fully saturated rings. The summed E-state index contributed by atoms with van der Waals surface area (Å²) in [6.07, 6.45) is 4.63. The number of fused-ring (bicyclic) bond motifs is 1. The molecule has 2 aromatic heterocycles. The van der Waals surface area contributed by atoms with Gasteiger partial charge in [-0.1, -0.05) is 0 Å². The van der Waals surface area contributed by atoms with E-state index in [9.17, 15) is 9.90 Å². The van der Waals surface area contributed by atoms with Gasteiger partial charge in [0.25, 0.3) is 5.91 Å². The molecule has 1 saturated heterocycles. The van der Waals surface area contributed by atoms with E-state index in [1.54, 1.807) is 36.7 Å². The fourth-order valence-corrected chi connectivity index (χ4v) is 3.85. The first kappa shape index (κ1) is 18.4. The second kappa shape index (κ2) is 7.20. The molecule has 0 unspecified atom stereocenters. The number of nitrogens with zero attached hydrogens (tertiary/aromatic N) is 5. The Kier molecular flexibility index (Phi) is 4.72. The lowest BCUT2D eigenvalue weighted by molar-refractivity contribution is -0.000136. The molecule has 28 heavy (non-hydrogen) atoms. The number of amides is 1. The van der Waals surface area contributed by atoms with E-state index >= 15 is 0 Å². The Labute approximate surface area is 163 Å². The van der Waals surface area contributed by atoms with Crippen LogP contribution in [0.3, 0.4) is 0 Å². The zero-order valence-corrected chi connectivity index (χ0v) is 16.1. The minimum absolute atomic E-state index is 0.125. The van der Waals surface area contributed by atoms with Gasteiger partial charge in [0.05, 0.1) is 29.5 Å². The molecule has 146 valence electrons. The number of benzene rings is 1. The maximum Gasteiger partial charge on any atom is 0.253 e. The van der Waals surface area contributed by atoms with Crippen LogP contribution in [0.4, 0.5) is 5.82 Å². The largest absolute Gasteiger partial charge is 0.386 e. The molecule has 8 heteroatoms. The van der Waals surface area contributed by atoms with Gasteiger partial charge in [-0.3, -0.25) is 4.79 Å². The first-order valence-electron chi connectivity index (χ1n) is 9.38. The molecule has 4 rings (SSSR count). The molecule has 8 nitrogen and oxygen atoms in total. The lowest BCUT2D eigenvalue weighted by atomic mass is 9.92. The van der Waals surface area contributed by atoms with E-state index in [4.69, 9.17) is 0 Å². The van der Waals surface area contributed by atoms with Crippen LogP contribution in [0.2, 0.25) is 0 Å². The summed E-state index contributed by atoms with van der Waals surface area (Å²) in [7, 11) is 1.73. The van der Waals surface area contributed by atoms with Crippen LogP contribution in [-0.2, 0) is 0 Å². The van der Waals surface area contributed by atoms with Gasteiger partial charge in [-0.15, -0.1) is 0 Å². The number of anilines is 1. The van der Waals surface area contributed by atoms with E-state index in [2.05, 4.69) is 24.8 Å². The summed E-state index contributed by atoms with van der Waals surface area (Å²) in [5.74, 6) is 0.684. The van der Waals surface area contributed by atoms with Crippen LogP contribution in [0.25, 0.3) is 11.0 Å². The molecule has 2 N–H and O–H groups in total. The molecule has 1 atom stereocenters. The van der Waals surface area contributed by atoms with Gasteiger partial charge >= 0.3 is 0 Å². The number of H-pyrrole nitrogens is 1. The molecule has 3 heterocycles. The number of carbonyl (C=O) groups excluding carboxylic acids is 1. The average molecular weight is 380 g/mol. The third-order valence-electron chi connectivity index (χ3n) is 5.21. The fourth-order valence-electron chi connectivity index (χ4n) is 3.85. The van der Waals surface area contributed by atoms with Gasteiger partial charge in [0.1, 0.15) is 12.1 Å². The lowest BCUT2D eigenvalue weighted by Crippen LogP contribution is -2.54. The zero-order chi connectivity index (χ0) is 19.7. The number of nitrogens with one attached hydrogen (secondary N) is 1. The molecule has 1 amide bonds. The second-order valence-electron chi connectivity index (χ2n) is 7.56. The predicted octanol–water partition coefficient (Wildman–Crippen LogP) is 1.76. The van der Waals surface area contributed by atoms with E-state index in [1.165, 1.54) is 0 Å². The summed E-state index contributed by atoms with van der Waals surface area (Å²) in [6, 6.07) is 7.30. The Balaban J connectivity index is 1.47. The van der Waals surface area contributed by atoms with Crippen LogP contribution in [0.1, 0.15) is 28.9 Å². The molecular formula is C20H24N6O2. The van der Waals surface area contributed by atoms with Crippen molar-refractivity contribution in [1.29, 1.82) is 0 Å². The standard InChI is InChI=1S/C20H24N6O2/c1-14-8-18(24-12-21-14)26-7-3-6-20(28,11-26)10-25(2)19(27)15-4-5-16-17(9-15)23-13-22-16/h4-5,8-9,12-13,28H,3,6-7,10-11H2,1-2H3,(H,22,23)/t20-/m1/s1. The highest BCUT2D eigenvalue weighted by atomic mass is 16.3. The van der Waals surface area contributed by atoms with Crippen LogP contribution < -0.4 is 4.90 Å². The van der Waals surface area contributed by atoms with Crippen molar-refractivity contribution in [3.8, 4) is 0 Å². The van der Waals surface area contributed by atoms with Crippen molar-refractivity contribution in [1.82, 2.24) is 24.8 Å². The molecule has 0 bridgehead atoms. The monoisotopic (exact) mass is 380 g/mol. The lowest BCUT2D eigenvalue weighted by Gasteiger charge is -2.41. The van der Waals surface area contributed by atoms with E-state index in [0.717, 1.165) is 35.5 Å². The fraction of sp³-hybridized carbons (Fsp3) is 0.400. The summed E-state index contributed by atoms with van der Waals surface area (Å²) in [6.45, 7) is 3.44. The number of aromatic amines is 1. The summed E-state index contributed by atoms with van der Waals surface area (Å²) in [5.41, 5.74) is 2.11. The number of rotatable bonds is 4. The number of aliphatic hydroxyl groups is 1. The number of piperidine rings is 1. The van der Waals surface area contributed by atoms with Crippen molar-refractivity contribution in [3.05, 3.63) is 48.2 Å². The summed E-state index contributed by atoms with van der Waals surface area (Å²) >= 11 is 0. The van der Waals surface area contributed by atoms with Crippen LogP contribution in [0.15, 0.2) is 36.9 Å².